The number of fused-ring (bicyclic) bond motifs is 2. The van der Waals surface area contributed by atoms with Crippen LogP contribution in [0.1, 0.15) is 34.6 Å². The largest absolute Gasteiger partial charge is 0.499 e. The van der Waals surface area contributed by atoms with Crippen molar-refractivity contribution in [3.63, 3.8) is 0 Å². The maximum absolute atomic E-state index is 12.5. The molecule has 5 nitrogen and oxygen atoms in total. The van der Waals surface area contributed by atoms with Crippen LogP contribution in [0.15, 0.2) is 0 Å². The lowest BCUT2D eigenvalue weighted by Crippen LogP contribution is -2.34. The van der Waals surface area contributed by atoms with Gasteiger partial charge in [0.15, 0.2) is 16.6 Å². The Bertz CT molecular complexity index is 604. The highest BCUT2D eigenvalue weighted by molar-refractivity contribution is 7.24. The third kappa shape index (κ3) is 1.43. The first-order valence-electron chi connectivity index (χ1n) is 5.97. The molecule has 2 aliphatic rings. The minimum Gasteiger partial charge on any atom is -0.487 e. The van der Waals surface area contributed by atoms with E-state index in [1.54, 1.807) is 0 Å². The summed E-state index contributed by atoms with van der Waals surface area (Å²) < 4.78 is 5.22. The van der Waals surface area contributed by atoms with Crippen LogP contribution in [-0.4, -0.2) is 35.8 Å². The zero-order valence-electron chi connectivity index (χ0n) is 10.8. The molecule has 0 aromatic carbocycles. The number of ketones is 2. The van der Waals surface area contributed by atoms with Crippen molar-refractivity contribution in [3.05, 3.63) is 11.1 Å². The molecule has 1 aromatic rings. The fraction of sp³-hybridized carbons (Fsp3) is 0.500. The highest BCUT2D eigenvalue weighted by atomic mass is 32.1. The summed E-state index contributed by atoms with van der Waals surface area (Å²) in [5.41, 5.74) is 0.0224. The SMILES string of the molecule is COc1sc(B(O)O)c2c1C(=O)C1C(C2=O)C1(C)C. The van der Waals surface area contributed by atoms with E-state index in [4.69, 9.17) is 4.74 Å². The van der Waals surface area contributed by atoms with Crippen molar-refractivity contribution >= 4 is 34.8 Å². The van der Waals surface area contributed by atoms with E-state index >= 15 is 0 Å². The lowest BCUT2D eigenvalue weighted by atomic mass is 9.79. The van der Waals surface area contributed by atoms with Gasteiger partial charge in [0.05, 0.1) is 17.4 Å². The molecule has 7 heteroatoms. The predicted octanol–water partition coefficient (Wildman–Crippen LogP) is 0.0877. The summed E-state index contributed by atoms with van der Waals surface area (Å²) in [6.07, 6.45) is 0. The highest BCUT2D eigenvalue weighted by Gasteiger charge is 2.69. The van der Waals surface area contributed by atoms with Crippen molar-refractivity contribution in [3.8, 4) is 5.06 Å². The fourth-order valence-corrected chi connectivity index (χ4v) is 4.15. The van der Waals surface area contributed by atoms with Gasteiger partial charge >= 0.3 is 7.12 Å². The van der Waals surface area contributed by atoms with Gasteiger partial charge in [-0.15, -0.1) is 11.3 Å². The monoisotopic (exact) mass is 280 g/mol. The van der Waals surface area contributed by atoms with Crippen molar-refractivity contribution in [2.24, 2.45) is 17.3 Å². The van der Waals surface area contributed by atoms with E-state index in [0.29, 0.717) is 0 Å². The molecular weight excluding hydrogens is 267 g/mol. The Hall–Kier alpha value is -1.18. The first-order chi connectivity index (χ1) is 8.82. The summed E-state index contributed by atoms with van der Waals surface area (Å²) in [6.45, 7) is 3.77. The molecule has 0 saturated heterocycles. The molecule has 1 aromatic heterocycles. The zero-order valence-corrected chi connectivity index (χ0v) is 11.6. The quantitative estimate of drug-likeness (QED) is 0.750. The number of ether oxygens (including phenoxy) is 1. The molecule has 19 heavy (non-hydrogen) atoms. The molecular formula is C12H13BO5S. The number of methoxy groups -OCH3 is 1. The summed E-state index contributed by atoms with van der Waals surface area (Å²) >= 11 is 0.950. The Labute approximate surface area is 114 Å². The second-order valence-corrected chi connectivity index (χ2v) is 6.60. The average Bonchev–Trinajstić information content (AvgIpc) is 2.73. The number of rotatable bonds is 2. The smallest absolute Gasteiger partial charge is 0.487 e. The van der Waals surface area contributed by atoms with E-state index in [1.165, 1.54) is 7.11 Å². The fourth-order valence-electron chi connectivity index (χ4n) is 3.15. The highest BCUT2D eigenvalue weighted by Crippen LogP contribution is 2.64. The minimum absolute atomic E-state index is 0.103. The van der Waals surface area contributed by atoms with Gasteiger partial charge in [-0.05, 0) is 5.41 Å². The van der Waals surface area contributed by atoms with Gasteiger partial charge in [0, 0.05) is 17.4 Å². The van der Waals surface area contributed by atoms with Gasteiger partial charge in [-0.2, -0.15) is 0 Å². The van der Waals surface area contributed by atoms with Gasteiger partial charge in [-0.25, -0.2) is 0 Å². The second kappa shape index (κ2) is 3.68. The molecule has 0 bridgehead atoms. The summed E-state index contributed by atoms with van der Waals surface area (Å²) in [7, 11) is -0.362. The van der Waals surface area contributed by atoms with Crippen LogP contribution in [0.5, 0.6) is 5.06 Å². The van der Waals surface area contributed by atoms with Crippen molar-refractivity contribution < 1.29 is 24.4 Å². The average molecular weight is 280 g/mol. The Balaban J connectivity index is 2.23. The van der Waals surface area contributed by atoms with Crippen molar-refractivity contribution in [1.29, 1.82) is 0 Å². The van der Waals surface area contributed by atoms with Crippen molar-refractivity contribution in [2.75, 3.05) is 7.11 Å². The van der Waals surface area contributed by atoms with Gasteiger partial charge in [0.25, 0.3) is 0 Å². The third-order valence-electron chi connectivity index (χ3n) is 4.21. The molecule has 1 heterocycles. The van der Waals surface area contributed by atoms with Crippen molar-refractivity contribution in [2.45, 2.75) is 13.8 Å². The molecule has 100 valence electrons. The van der Waals surface area contributed by atoms with Crippen LogP contribution in [0.25, 0.3) is 0 Å². The van der Waals surface area contributed by atoms with E-state index in [1.807, 2.05) is 13.8 Å². The number of carbonyl (C=O) groups excluding carboxylic acids is 2. The predicted molar refractivity (Wildman–Crippen MR) is 70.1 cm³/mol. The number of hydrogen-bond acceptors (Lipinski definition) is 6. The lowest BCUT2D eigenvalue weighted by Gasteiger charge is -2.10. The summed E-state index contributed by atoms with van der Waals surface area (Å²) in [6, 6.07) is 0. The Kier molecular flexibility index (Phi) is 2.49. The van der Waals surface area contributed by atoms with Gasteiger partial charge < -0.3 is 14.8 Å². The molecule has 0 aliphatic heterocycles. The molecule has 2 N–H and O–H groups in total. The molecule has 2 atom stereocenters. The van der Waals surface area contributed by atoms with Crippen LogP contribution in [-0.2, 0) is 0 Å². The molecule has 2 aliphatic carbocycles. The van der Waals surface area contributed by atoms with E-state index in [9.17, 15) is 19.6 Å². The minimum atomic E-state index is -1.77. The maximum Gasteiger partial charge on any atom is 0.499 e. The summed E-state index contributed by atoms with van der Waals surface area (Å²) in [4.78, 5) is 24.9. The van der Waals surface area contributed by atoms with Crippen LogP contribution in [0.4, 0.5) is 0 Å². The van der Waals surface area contributed by atoms with Crippen molar-refractivity contribution in [1.82, 2.24) is 0 Å². The first-order valence-corrected chi connectivity index (χ1v) is 6.79. The maximum atomic E-state index is 12.5. The topological polar surface area (TPSA) is 83.8 Å². The molecule has 0 amide bonds. The molecule has 2 unspecified atom stereocenters. The van der Waals surface area contributed by atoms with Crippen LogP contribution in [0.2, 0.25) is 0 Å². The van der Waals surface area contributed by atoms with Crippen LogP contribution in [0, 0.1) is 17.3 Å². The Morgan fingerprint density at radius 1 is 1.16 bits per heavy atom. The van der Waals surface area contributed by atoms with Gasteiger partial charge in [-0.1, -0.05) is 13.8 Å². The van der Waals surface area contributed by atoms with E-state index in [2.05, 4.69) is 0 Å². The van der Waals surface area contributed by atoms with Crippen LogP contribution >= 0.6 is 11.3 Å². The normalized spacial score (nSPS) is 26.8. The number of hydrogen-bond donors (Lipinski definition) is 2. The standard InChI is InChI=1S/C12H13BO5S/c1-12(2)6-7(12)9(15)5-4(8(6)14)10(13(16)17)19-11(5)18-3/h6-7,16-17H,1-3H3. The second-order valence-electron chi connectivity index (χ2n) is 5.59. The third-order valence-corrected chi connectivity index (χ3v) is 5.40. The number of carbonyl (C=O) groups is 2. The van der Waals surface area contributed by atoms with E-state index < -0.39 is 7.12 Å². The van der Waals surface area contributed by atoms with E-state index in [-0.39, 0.29) is 49.8 Å². The van der Waals surface area contributed by atoms with Crippen LogP contribution < -0.4 is 9.51 Å². The molecule has 0 radical (unpaired) electrons. The number of thiophene rings is 1. The first kappa shape index (κ1) is 12.8. The van der Waals surface area contributed by atoms with Gasteiger partial charge in [0.1, 0.15) is 0 Å². The Morgan fingerprint density at radius 3 is 2.16 bits per heavy atom. The zero-order chi connectivity index (χ0) is 14.1. The molecule has 3 rings (SSSR count). The summed E-state index contributed by atoms with van der Waals surface area (Å²) in [5.74, 6) is -0.944. The van der Waals surface area contributed by atoms with Crippen LogP contribution in [0.3, 0.4) is 0 Å². The van der Waals surface area contributed by atoms with Gasteiger partial charge in [0.2, 0.25) is 0 Å². The Morgan fingerprint density at radius 2 is 1.68 bits per heavy atom. The number of Topliss-reactive ketones (excluding diaryl/α,β-unsaturated/α-hetero) is 2. The van der Waals surface area contributed by atoms with E-state index in [0.717, 1.165) is 11.3 Å². The molecule has 0 spiro atoms. The van der Waals surface area contributed by atoms with Gasteiger partial charge in [-0.3, -0.25) is 9.59 Å². The lowest BCUT2D eigenvalue weighted by molar-refractivity contribution is 0.0877. The summed E-state index contributed by atoms with van der Waals surface area (Å²) in [5, 5.41) is 19.0. The molecule has 1 fully saturated rings. The molecule has 1 saturated carbocycles.